The molecule has 1 N–H and O–H groups in total. The van der Waals surface area contributed by atoms with E-state index in [1.807, 2.05) is 0 Å². The van der Waals surface area contributed by atoms with Gasteiger partial charge in [0.1, 0.15) is 0 Å². The number of ether oxygens (including phenoxy) is 1. The maximum absolute atomic E-state index is 12.8. The molecular formula is C14H26N2O2. The van der Waals surface area contributed by atoms with Crippen molar-refractivity contribution in [2.75, 3.05) is 26.7 Å². The van der Waals surface area contributed by atoms with Gasteiger partial charge in [-0.15, -0.1) is 0 Å². The fourth-order valence-electron chi connectivity index (χ4n) is 3.33. The van der Waals surface area contributed by atoms with Crippen LogP contribution >= 0.6 is 0 Å². The van der Waals surface area contributed by atoms with Gasteiger partial charge in [0.25, 0.3) is 0 Å². The zero-order valence-electron chi connectivity index (χ0n) is 11.9. The summed E-state index contributed by atoms with van der Waals surface area (Å²) in [6, 6.07) is 0.306. The lowest BCUT2D eigenvalue weighted by Crippen LogP contribution is -2.53. The van der Waals surface area contributed by atoms with E-state index in [-0.39, 0.29) is 5.41 Å². The standard InChI is InChI=1S/C14H26N2O2/c1-4-14(6-7-15-10-14)13(17)16-8-5-12(18-3)9-11(16)2/h11-12,15H,4-10H2,1-3H3. The number of nitrogens with one attached hydrogen (secondary N) is 1. The summed E-state index contributed by atoms with van der Waals surface area (Å²) in [7, 11) is 1.77. The minimum Gasteiger partial charge on any atom is -0.381 e. The topological polar surface area (TPSA) is 41.6 Å². The van der Waals surface area contributed by atoms with Gasteiger partial charge in [0.05, 0.1) is 11.5 Å². The summed E-state index contributed by atoms with van der Waals surface area (Å²) >= 11 is 0. The molecule has 4 heteroatoms. The summed E-state index contributed by atoms with van der Waals surface area (Å²) in [6.07, 6.45) is 4.19. The second kappa shape index (κ2) is 5.57. The van der Waals surface area contributed by atoms with E-state index >= 15 is 0 Å². The Bertz CT molecular complexity index is 300. The van der Waals surface area contributed by atoms with Gasteiger partial charge < -0.3 is 15.0 Å². The summed E-state index contributed by atoms with van der Waals surface area (Å²) in [5, 5.41) is 3.35. The summed E-state index contributed by atoms with van der Waals surface area (Å²) in [4.78, 5) is 14.9. The SMILES string of the molecule is CCC1(C(=O)N2CCC(OC)CC2C)CCNC1. The average Bonchev–Trinajstić information content (AvgIpc) is 2.87. The van der Waals surface area contributed by atoms with Crippen molar-refractivity contribution in [3.8, 4) is 0 Å². The number of hydrogen-bond donors (Lipinski definition) is 1. The molecule has 3 unspecified atom stereocenters. The van der Waals surface area contributed by atoms with Crippen molar-refractivity contribution in [3.63, 3.8) is 0 Å². The van der Waals surface area contributed by atoms with Crippen LogP contribution in [0.1, 0.15) is 39.5 Å². The number of carbonyl (C=O) groups excluding carboxylic acids is 1. The van der Waals surface area contributed by atoms with Gasteiger partial charge in [-0.05, 0) is 39.2 Å². The third-order valence-corrected chi connectivity index (χ3v) is 4.80. The molecule has 2 aliphatic rings. The van der Waals surface area contributed by atoms with E-state index in [9.17, 15) is 4.79 Å². The van der Waals surface area contributed by atoms with Gasteiger partial charge in [-0.3, -0.25) is 4.79 Å². The first kappa shape index (κ1) is 13.8. The molecule has 2 saturated heterocycles. The van der Waals surface area contributed by atoms with Crippen molar-refractivity contribution in [3.05, 3.63) is 0 Å². The first-order valence-electron chi connectivity index (χ1n) is 7.17. The highest BCUT2D eigenvalue weighted by atomic mass is 16.5. The molecule has 0 radical (unpaired) electrons. The summed E-state index contributed by atoms with van der Waals surface area (Å²) in [5.74, 6) is 0.358. The Balaban J connectivity index is 2.05. The summed E-state index contributed by atoms with van der Waals surface area (Å²) in [6.45, 7) is 6.95. The third kappa shape index (κ3) is 2.41. The maximum atomic E-state index is 12.8. The molecule has 0 aliphatic carbocycles. The molecule has 2 heterocycles. The van der Waals surface area contributed by atoms with Crippen LogP contribution in [-0.4, -0.2) is 49.7 Å². The highest BCUT2D eigenvalue weighted by molar-refractivity contribution is 5.83. The number of methoxy groups -OCH3 is 1. The van der Waals surface area contributed by atoms with E-state index in [2.05, 4.69) is 24.1 Å². The lowest BCUT2D eigenvalue weighted by Gasteiger charge is -2.41. The molecule has 2 rings (SSSR count). The normalized spacial score (nSPS) is 36.9. The Hall–Kier alpha value is -0.610. The van der Waals surface area contributed by atoms with Crippen LogP contribution in [0.2, 0.25) is 0 Å². The van der Waals surface area contributed by atoms with Crippen molar-refractivity contribution >= 4 is 5.91 Å². The van der Waals surface area contributed by atoms with Gasteiger partial charge in [0.15, 0.2) is 0 Å². The van der Waals surface area contributed by atoms with Crippen molar-refractivity contribution in [2.45, 2.75) is 51.7 Å². The van der Waals surface area contributed by atoms with Crippen LogP contribution in [0.4, 0.5) is 0 Å². The zero-order valence-corrected chi connectivity index (χ0v) is 11.9. The molecule has 0 aromatic heterocycles. The molecule has 3 atom stereocenters. The van der Waals surface area contributed by atoms with Crippen LogP contribution in [0.3, 0.4) is 0 Å². The average molecular weight is 254 g/mol. The predicted octanol–water partition coefficient (Wildman–Crippen LogP) is 1.40. The van der Waals surface area contributed by atoms with Crippen molar-refractivity contribution in [1.29, 1.82) is 0 Å². The lowest BCUT2D eigenvalue weighted by molar-refractivity contribution is -0.146. The van der Waals surface area contributed by atoms with Crippen LogP contribution in [0, 0.1) is 5.41 Å². The van der Waals surface area contributed by atoms with Crippen LogP contribution in [-0.2, 0) is 9.53 Å². The second-order valence-corrected chi connectivity index (χ2v) is 5.79. The Morgan fingerprint density at radius 1 is 1.56 bits per heavy atom. The van der Waals surface area contributed by atoms with Gasteiger partial charge in [0.2, 0.25) is 5.91 Å². The van der Waals surface area contributed by atoms with E-state index in [0.717, 1.165) is 45.3 Å². The number of piperidine rings is 1. The summed E-state index contributed by atoms with van der Waals surface area (Å²) in [5.41, 5.74) is -0.145. The molecule has 0 bridgehead atoms. The van der Waals surface area contributed by atoms with E-state index < -0.39 is 0 Å². The molecule has 2 fully saturated rings. The van der Waals surface area contributed by atoms with E-state index in [4.69, 9.17) is 4.74 Å². The van der Waals surface area contributed by atoms with Crippen LogP contribution in [0.5, 0.6) is 0 Å². The van der Waals surface area contributed by atoms with Gasteiger partial charge in [-0.1, -0.05) is 6.92 Å². The number of hydrogen-bond acceptors (Lipinski definition) is 3. The molecular weight excluding hydrogens is 228 g/mol. The first-order chi connectivity index (χ1) is 8.63. The largest absolute Gasteiger partial charge is 0.381 e. The number of rotatable bonds is 3. The minimum absolute atomic E-state index is 0.145. The Labute approximate surface area is 110 Å². The van der Waals surface area contributed by atoms with Gasteiger partial charge in [0, 0.05) is 26.2 Å². The van der Waals surface area contributed by atoms with Crippen molar-refractivity contribution in [1.82, 2.24) is 10.2 Å². The molecule has 0 spiro atoms. The van der Waals surface area contributed by atoms with Crippen LogP contribution in [0.15, 0.2) is 0 Å². The molecule has 0 saturated carbocycles. The number of nitrogens with zero attached hydrogens (tertiary/aromatic N) is 1. The maximum Gasteiger partial charge on any atom is 0.230 e. The Kier molecular flexibility index (Phi) is 4.28. The van der Waals surface area contributed by atoms with Gasteiger partial charge >= 0.3 is 0 Å². The Morgan fingerprint density at radius 3 is 2.83 bits per heavy atom. The van der Waals surface area contributed by atoms with Crippen molar-refractivity contribution in [2.24, 2.45) is 5.41 Å². The monoisotopic (exact) mass is 254 g/mol. The van der Waals surface area contributed by atoms with Crippen LogP contribution < -0.4 is 5.32 Å². The first-order valence-corrected chi connectivity index (χ1v) is 7.17. The summed E-state index contributed by atoms with van der Waals surface area (Å²) < 4.78 is 5.42. The zero-order chi connectivity index (χ0) is 13.2. The molecule has 4 nitrogen and oxygen atoms in total. The molecule has 104 valence electrons. The van der Waals surface area contributed by atoms with Gasteiger partial charge in [-0.2, -0.15) is 0 Å². The highest BCUT2D eigenvalue weighted by Gasteiger charge is 2.44. The highest BCUT2D eigenvalue weighted by Crippen LogP contribution is 2.34. The quantitative estimate of drug-likeness (QED) is 0.828. The van der Waals surface area contributed by atoms with Crippen LogP contribution in [0.25, 0.3) is 0 Å². The molecule has 0 aromatic carbocycles. The Morgan fingerprint density at radius 2 is 2.33 bits per heavy atom. The van der Waals surface area contributed by atoms with E-state index in [1.165, 1.54) is 0 Å². The smallest absolute Gasteiger partial charge is 0.230 e. The van der Waals surface area contributed by atoms with Crippen molar-refractivity contribution < 1.29 is 9.53 Å². The lowest BCUT2D eigenvalue weighted by atomic mass is 9.81. The number of carbonyl (C=O) groups is 1. The minimum atomic E-state index is -0.145. The number of amides is 1. The fourth-order valence-corrected chi connectivity index (χ4v) is 3.33. The number of likely N-dealkylation sites (tertiary alicyclic amines) is 1. The molecule has 0 aromatic rings. The third-order valence-electron chi connectivity index (χ3n) is 4.80. The van der Waals surface area contributed by atoms with E-state index in [0.29, 0.717) is 18.1 Å². The second-order valence-electron chi connectivity index (χ2n) is 5.79. The van der Waals surface area contributed by atoms with E-state index in [1.54, 1.807) is 7.11 Å². The predicted molar refractivity (Wildman–Crippen MR) is 71.4 cm³/mol. The molecule has 1 amide bonds. The fraction of sp³-hybridized carbons (Fsp3) is 0.929. The molecule has 18 heavy (non-hydrogen) atoms. The van der Waals surface area contributed by atoms with Gasteiger partial charge in [-0.25, -0.2) is 0 Å². The molecule has 2 aliphatic heterocycles.